The van der Waals surface area contributed by atoms with Crippen molar-refractivity contribution >= 4 is 17.2 Å². The highest BCUT2D eigenvalue weighted by molar-refractivity contribution is 7.80. The van der Waals surface area contributed by atoms with Crippen LogP contribution in [0.5, 0.6) is 11.5 Å². The van der Waals surface area contributed by atoms with Crippen LogP contribution in [0, 0.1) is 5.82 Å². The maximum Gasteiger partial charge on any atom is 0.419 e. The molecule has 0 aliphatic heterocycles. The SMILES string of the molecule is NC(=S)c1ccncc1Oc1ccc(F)c(C(F)(F)F)c1. The molecule has 1 aromatic heterocycles. The van der Waals surface area contributed by atoms with Gasteiger partial charge in [0.1, 0.15) is 16.6 Å². The van der Waals surface area contributed by atoms with Crippen molar-refractivity contribution in [3.63, 3.8) is 0 Å². The summed E-state index contributed by atoms with van der Waals surface area (Å²) < 4.78 is 56.3. The van der Waals surface area contributed by atoms with Crippen LogP contribution in [0.4, 0.5) is 17.6 Å². The van der Waals surface area contributed by atoms with Gasteiger partial charge in [0, 0.05) is 6.20 Å². The molecule has 0 saturated heterocycles. The maximum absolute atomic E-state index is 13.2. The van der Waals surface area contributed by atoms with Gasteiger partial charge in [0.15, 0.2) is 5.75 Å². The molecule has 0 radical (unpaired) electrons. The average Bonchev–Trinajstić information content (AvgIpc) is 2.40. The van der Waals surface area contributed by atoms with E-state index in [9.17, 15) is 17.6 Å². The minimum Gasteiger partial charge on any atom is -0.455 e. The van der Waals surface area contributed by atoms with E-state index in [2.05, 4.69) is 4.98 Å². The van der Waals surface area contributed by atoms with Gasteiger partial charge in [-0.05, 0) is 24.3 Å². The van der Waals surface area contributed by atoms with Crippen molar-refractivity contribution in [2.24, 2.45) is 5.73 Å². The summed E-state index contributed by atoms with van der Waals surface area (Å²) in [5, 5.41) is 0. The third-order valence-electron chi connectivity index (χ3n) is 2.52. The normalized spacial score (nSPS) is 11.2. The summed E-state index contributed by atoms with van der Waals surface area (Å²) in [5.74, 6) is -1.49. The van der Waals surface area contributed by atoms with Gasteiger partial charge in [0.05, 0.1) is 17.3 Å². The van der Waals surface area contributed by atoms with Crippen LogP contribution in [0.1, 0.15) is 11.1 Å². The summed E-state index contributed by atoms with van der Waals surface area (Å²) in [5.41, 5.74) is 4.38. The van der Waals surface area contributed by atoms with Crippen LogP contribution in [-0.4, -0.2) is 9.97 Å². The fraction of sp³-hybridized carbons (Fsp3) is 0.0769. The number of nitrogens with zero attached hydrogens (tertiary/aromatic N) is 1. The summed E-state index contributed by atoms with van der Waals surface area (Å²) >= 11 is 4.80. The second-order valence-electron chi connectivity index (χ2n) is 3.98. The summed E-state index contributed by atoms with van der Waals surface area (Å²) in [6.45, 7) is 0. The molecule has 0 fully saturated rings. The number of aromatic nitrogens is 1. The van der Waals surface area contributed by atoms with Crippen molar-refractivity contribution in [2.75, 3.05) is 0 Å². The molecule has 0 unspecified atom stereocenters. The lowest BCUT2D eigenvalue weighted by atomic mass is 10.2. The predicted octanol–water partition coefficient (Wildman–Crippen LogP) is 3.67. The molecule has 2 aromatic rings. The van der Waals surface area contributed by atoms with Crippen LogP contribution in [-0.2, 0) is 6.18 Å². The molecule has 0 spiro atoms. The first kappa shape index (κ1) is 15.2. The Kier molecular flexibility index (Phi) is 4.08. The molecule has 110 valence electrons. The van der Waals surface area contributed by atoms with Crippen LogP contribution in [0.3, 0.4) is 0 Å². The second-order valence-corrected chi connectivity index (χ2v) is 4.42. The third-order valence-corrected chi connectivity index (χ3v) is 2.74. The molecule has 0 aliphatic carbocycles. The van der Waals surface area contributed by atoms with E-state index in [0.717, 1.165) is 6.07 Å². The van der Waals surface area contributed by atoms with Gasteiger partial charge in [-0.1, -0.05) is 12.2 Å². The number of ether oxygens (including phenoxy) is 1. The molecule has 8 heteroatoms. The highest BCUT2D eigenvalue weighted by atomic mass is 32.1. The molecule has 21 heavy (non-hydrogen) atoms. The number of hydrogen-bond donors (Lipinski definition) is 1. The molecular weight excluding hydrogens is 308 g/mol. The zero-order chi connectivity index (χ0) is 15.6. The Bertz CT molecular complexity index is 688. The summed E-state index contributed by atoms with van der Waals surface area (Å²) in [6, 6.07) is 3.77. The Balaban J connectivity index is 2.40. The Morgan fingerprint density at radius 3 is 2.57 bits per heavy atom. The first-order valence-electron chi connectivity index (χ1n) is 5.57. The average molecular weight is 316 g/mol. The Morgan fingerprint density at radius 2 is 1.95 bits per heavy atom. The first-order chi connectivity index (χ1) is 9.79. The zero-order valence-electron chi connectivity index (χ0n) is 10.3. The largest absolute Gasteiger partial charge is 0.455 e. The van der Waals surface area contributed by atoms with E-state index in [1.807, 2.05) is 0 Å². The minimum absolute atomic E-state index is 0.00514. The van der Waals surface area contributed by atoms with Crippen LogP contribution in [0.15, 0.2) is 36.7 Å². The van der Waals surface area contributed by atoms with Crippen LogP contribution in [0.2, 0.25) is 0 Å². The maximum atomic E-state index is 13.2. The number of alkyl halides is 3. The number of rotatable bonds is 3. The van der Waals surface area contributed by atoms with E-state index >= 15 is 0 Å². The minimum atomic E-state index is -4.82. The molecule has 1 heterocycles. The van der Waals surface area contributed by atoms with E-state index in [1.165, 1.54) is 18.5 Å². The molecule has 3 nitrogen and oxygen atoms in total. The molecule has 0 amide bonds. The summed E-state index contributed by atoms with van der Waals surface area (Å²) in [4.78, 5) is 3.78. The van der Waals surface area contributed by atoms with Crippen LogP contribution in [0.25, 0.3) is 0 Å². The van der Waals surface area contributed by atoms with Gasteiger partial charge in [-0.25, -0.2) is 4.39 Å². The summed E-state index contributed by atoms with van der Waals surface area (Å²) in [7, 11) is 0. The van der Waals surface area contributed by atoms with E-state index < -0.39 is 17.6 Å². The number of hydrogen-bond acceptors (Lipinski definition) is 3. The summed E-state index contributed by atoms with van der Waals surface area (Å²) in [6.07, 6.45) is -2.15. The standard InChI is InChI=1S/C13H8F4N2OS/c14-10-2-1-7(5-9(10)13(15,16)17)20-11-6-19-4-3-8(11)12(18)21/h1-6H,(H2,18,21). The third kappa shape index (κ3) is 3.46. The van der Waals surface area contributed by atoms with Crippen molar-refractivity contribution < 1.29 is 22.3 Å². The first-order valence-corrected chi connectivity index (χ1v) is 5.98. The van der Waals surface area contributed by atoms with Gasteiger partial charge in [-0.3, -0.25) is 4.98 Å². The topological polar surface area (TPSA) is 48.1 Å². The predicted molar refractivity (Wildman–Crippen MR) is 71.6 cm³/mol. The fourth-order valence-electron chi connectivity index (χ4n) is 1.58. The number of pyridine rings is 1. The molecule has 0 atom stereocenters. The zero-order valence-corrected chi connectivity index (χ0v) is 11.1. The van der Waals surface area contributed by atoms with Gasteiger partial charge in [-0.15, -0.1) is 0 Å². The van der Waals surface area contributed by atoms with Crippen molar-refractivity contribution in [1.29, 1.82) is 0 Å². The highest BCUT2D eigenvalue weighted by Gasteiger charge is 2.34. The molecule has 0 aliphatic rings. The fourth-order valence-corrected chi connectivity index (χ4v) is 1.75. The highest BCUT2D eigenvalue weighted by Crippen LogP contribution is 2.35. The van der Waals surface area contributed by atoms with Crippen LogP contribution >= 0.6 is 12.2 Å². The lowest BCUT2D eigenvalue weighted by Gasteiger charge is -2.12. The van der Waals surface area contributed by atoms with Crippen molar-refractivity contribution in [1.82, 2.24) is 4.98 Å². The molecule has 1 aromatic carbocycles. The van der Waals surface area contributed by atoms with E-state index in [-0.39, 0.29) is 16.5 Å². The van der Waals surface area contributed by atoms with E-state index in [4.69, 9.17) is 22.7 Å². The van der Waals surface area contributed by atoms with E-state index in [0.29, 0.717) is 17.7 Å². The molecule has 0 saturated carbocycles. The van der Waals surface area contributed by atoms with Crippen molar-refractivity contribution in [2.45, 2.75) is 6.18 Å². The Morgan fingerprint density at radius 1 is 1.24 bits per heavy atom. The smallest absolute Gasteiger partial charge is 0.419 e. The quantitative estimate of drug-likeness (QED) is 0.693. The number of thiocarbonyl (C=S) groups is 1. The molecule has 2 N–H and O–H groups in total. The van der Waals surface area contributed by atoms with Crippen LogP contribution < -0.4 is 10.5 Å². The molecule has 0 bridgehead atoms. The van der Waals surface area contributed by atoms with Gasteiger partial charge in [-0.2, -0.15) is 13.2 Å². The molecular formula is C13H8F4N2OS. The van der Waals surface area contributed by atoms with Gasteiger partial charge < -0.3 is 10.5 Å². The Labute approximate surface area is 122 Å². The molecule has 2 rings (SSSR count). The lowest BCUT2D eigenvalue weighted by molar-refractivity contribution is -0.140. The van der Waals surface area contributed by atoms with Crippen molar-refractivity contribution in [3.05, 3.63) is 53.6 Å². The van der Waals surface area contributed by atoms with Crippen molar-refractivity contribution in [3.8, 4) is 11.5 Å². The van der Waals surface area contributed by atoms with Gasteiger partial charge >= 0.3 is 6.18 Å². The number of benzene rings is 1. The van der Waals surface area contributed by atoms with Gasteiger partial charge in [0.25, 0.3) is 0 Å². The monoisotopic (exact) mass is 316 g/mol. The number of nitrogens with two attached hydrogens (primary N) is 1. The van der Waals surface area contributed by atoms with Gasteiger partial charge in [0.2, 0.25) is 0 Å². The van der Waals surface area contributed by atoms with E-state index in [1.54, 1.807) is 0 Å². The Hall–Kier alpha value is -2.22. The second kappa shape index (κ2) is 5.65. The number of halogens is 4. The lowest BCUT2D eigenvalue weighted by Crippen LogP contribution is -2.11.